The summed E-state index contributed by atoms with van der Waals surface area (Å²) in [6, 6.07) is 3.75. The number of hydrogen-bond donors (Lipinski definition) is 2. The van der Waals surface area contributed by atoms with Crippen molar-refractivity contribution in [3.8, 4) is 0 Å². The lowest BCUT2D eigenvalue weighted by Gasteiger charge is -2.07. The summed E-state index contributed by atoms with van der Waals surface area (Å²) in [7, 11) is 0. The zero-order valence-corrected chi connectivity index (χ0v) is 9.24. The van der Waals surface area contributed by atoms with Crippen molar-refractivity contribution in [3.05, 3.63) is 35.7 Å². The zero-order chi connectivity index (χ0) is 12.8. The van der Waals surface area contributed by atoms with Crippen LogP contribution in [-0.2, 0) is 9.59 Å². The van der Waals surface area contributed by atoms with Crippen LogP contribution in [0.1, 0.15) is 18.9 Å². The minimum absolute atomic E-state index is 0.221. The minimum atomic E-state index is -1.14. The van der Waals surface area contributed by atoms with E-state index in [1.54, 1.807) is 6.92 Å². The molecule has 0 bridgehead atoms. The fourth-order valence-electron chi connectivity index (χ4n) is 1.18. The van der Waals surface area contributed by atoms with E-state index in [2.05, 4.69) is 5.32 Å². The molecule has 1 aromatic rings. The van der Waals surface area contributed by atoms with Crippen molar-refractivity contribution >= 4 is 23.6 Å². The van der Waals surface area contributed by atoms with Crippen molar-refractivity contribution in [2.24, 2.45) is 0 Å². The van der Waals surface area contributed by atoms with Gasteiger partial charge < -0.3 is 10.4 Å². The van der Waals surface area contributed by atoms with Gasteiger partial charge in [0.05, 0.1) is 0 Å². The molecule has 1 rings (SSSR count). The predicted molar refractivity (Wildman–Crippen MR) is 62.0 cm³/mol. The van der Waals surface area contributed by atoms with Crippen LogP contribution in [0.2, 0.25) is 0 Å². The molecule has 17 heavy (non-hydrogen) atoms. The standard InChI is InChI=1S/C12H12FNO3/c1-2-11(15)14-10-5-4-9(13)7-8(10)3-6-12(16)17/h3-7H,2H2,1H3,(H,14,15)(H,16,17). The van der Waals surface area contributed by atoms with Crippen molar-refractivity contribution in [2.45, 2.75) is 13.3 Å². The number of benzene rings is 1. The summed E-state index contributed by atoms with van der Waals surface area (Å²) in [4.78, 5) is 21.6. The number of carboxylic acid groups (broad SMARTS) is 1. The van der Waals surface area contributed by atoms with Crippen LogP contribution in [0.3, 0.4) is 0 Å². The normalized spacial score (nSPS) is 10.5. The Morgan fingerprint density at radius 3 is 2.76 bits per heavy atom. The molecule has 0 atom stereocenters. The van der Waals surface area contributed by atoms with Gasteiger partial charge in [0.2, 0.25) is 5.91 Å². The van der Waals surface area contributed by atoms with Crippen LogP contribution in [0.25, 0.3) is 6.08 Å². The Bertz CT molecular complexity index is 469. The van der Waals surface area contributed by atoms with Crippen LogP contribution in [0.5, 0.6) is 0 Å². The van der Waals surface area contributed by atoms with E-state index in [0.717, 1.165) is 12.1 Å². The summed E-state index contributed by atoms with van der Waals surface area (Å²) >= 11 is 0. The number of rotatable bonds is 4. The van der Waals surface area contributed by atoms with E-state index >= 15 is 0 Å². The number of carbonyl (C=O) groups is 2. The molecule has 0 aliphatic rings. The number of nitrogens with one attached hydrogen (secondary N) is 1. The second-order valence-corrected chi connectivity index (χ2v) is 3.30. The van der Waals surface area contributed by atoms with Crippen molar-refractivity contribution in [1.82, 2.24) is 0 Å². The Kier molecular flexibility index (Phi) is 4.39. The molecule has 0 fully saturated rings. The SMILES string of the molecule is CCC(=O)Nc1ccc(F)cc1C=CC(=O)O. The topological polar surface area (TPSA) is 66.4 Å². The highest BCUT2D eigenvalue weighted by Gasteiger charge is 2.05. The van der Waals surface area contributed by atoms with E-state index in [-0.39, 0.29) is 5.91 Å². The monoisotopic (exact) mass is 237 g/mol. The quantitative estimate of drug-likeness (QED) is 0.789. The molecule has 0 saturated carbocycles. The molecule has 0 spiro atoms. The maximum atomic E-state index is 13.0. The molecule has 1 amide bonds. The van der Waals surface area contributed by atoms with Gasteiger partial charge in [-0.2, -0.15) is 0 Å². The number of halogens is 1. The lowest BCUT2D eigenvalue weighted by molar-refractivity contribution is -0.131. The van der Waals surface area contributed by atoms with E-state index in [0.29, 0.717) is 17.7 Å². The summed E-state index contributed by atoms with van der Waals surface area (Å²) in [6.45, 7) is 1.69. The Morgan fingerprint density at radius 1 is 1.47 bits per heavy atom. The van der Waals surface area contributed by atoms with Gasteiger partial charge in [-0.3, -0.25) is 4.79 Å². The Morgan fingerprint density at radius 2 is 2.18 bits per heavy atom. The lowest BCUT2D eigenvalue weighted by atomic mass is 10.1. The average molecular weight is 237 g/mol. The Hall–Kier alpha value is -2.17. The molecule has 1 aromatic carbocycles. The highest BCUT2D eigenvalue weighted by Crippen LogP contribution is 2.18. The highest BCUT2D eigenvalue weighted by molar-refractivity contribution is 5.94. The van der Waals surface area contributed by atoms with E-state index < -0.39 is 11.8 Å². The third kappa shape index (κ3) is 4.06. The summed E-state index contributed by atoms with van der Waals surface area (Å²) in [5.41, 5.74) is 0.699. The minimum Gasteiger partial charge on any atom is -0.478 e. The highest BCUT2D eigenvalue weighted by atomic mass is 19.1. The molecule has 0 saturated heterocycles. The third-order valence-corrected chi connectivity index (χ3v) is 2.01. The van der Waals surface area contributed by atoms with Crippen LogP contribution >= 0.6 is 0 Å². The van der Waals surface area contributed by atoms with Crippen molar-refractivity contribution < 1.29 is 19.1 Å². The third-order valence-electron chi connectivity index (χ3n) is 2.01. The van der Waals surface area contributed by atoms with Crippen molar-refractivity contribution in [3.63, 3.8) is 0 Å². The maximum absolute atomic E-state index is 13.0. The first kappa shape index (κ1) is 12.9. The summed E-state index contributed by atoms with van der Waals surface area (Å²) in [6.07, 6.45) is 2.41. The molecular formula is C12H12FNO3. The van der Waals surface area contributed by atoms with Gasteiger partial charge >= 0.3 is 5.97 Å². The predicted octanol–water partition coefficient (Wildman–Crippen LogP) is 2.27. The summed E-state index contributed by atoms with van der Waals surface area (Å²) in [5.74, 6) is -1.85. The zero-order valence-electron chi connectivity index (χ0n) is 9.24. The smallest absolute Gasteiger partial charge is 0.328 e. The average Bonchev–Trinajstić information content (AvgIpc) is 2.29. The van der Waals surface area contributed by atoms with Gasteiger partial charge in [-0.1, -0.05) is 6.92 Å². The molecular weight excluding hydrogens is 225 g/mol. The number of carboxylic acids is 1. The molecule has 0 aromatic heterocycles. The molecule has 0 unspecified atom stereocenters. The number of aliphatic carboxylic acids is 1. The van der Waals surface area contributed by atoms with Gasteiger partial charge in [0.15, 0.2) is 0 Å². The van der Waals surface area contributed by atoms with Gasteiger partial charge in [-0.15, -0.1) is 0 Å². The first-order chi connectivity index (χ1) is 8.02. The van der Waals surface area contributed by atoms with Crippen molar-refractivity contribution in [1.29, 1.82) is 0 Å². The molecule has 0 aliphatic heterocycles. The number of carbonyl (C=O) groups excluding carboxylic acids is 1. The van der Waals surface area contributed by atoms with E-state index in [4.69, 9.17) is 5.11 Å². The lowest BCUT2D eigenvalue weighted by Crippen LogP contribution is -2.10. The molecule has 0 heterocycles. The first-order valence-corrected chi connectivity index (χ1v) is 5.03. The second-order valence-electron chi connectivity index (χ2n) is 3.30. The van der Waals surface area contributed by atoms with Gasteiger partial charge in [-0.25, -0.2) is 9.18 Å². The van der Waals surface area contributed by atoms with Crippen LogP contribution in [0.15, 0.2) is 24.3 Å². The molecule has 0 radical (unpaired) electrons. The van der Waals surface area contributed by atoms with Gasteiger partial charge in [0.1, 0.15) is 5.82 Å². The van der Waals surface area contributed by atoms with Crippen LogP contribution in [-0.4, -0.2) is 17.0 Å². The van der Waals surface area contributed by atoms with E-state index in [1.165, 1.54) is 18.2 Å². The molecule has 0 aliphatic carbocycles. The van der Waals surface area contributed by atoms with Gasteiger partial charge in [0.25, 0.3) is 0 Å². The summed E-state index contributed by atoms with van der Waals surface area (Å²) in [5, 5.41) is 11.1. The molecule has 90 valence electrons. The molecule has 2 N–H and O–H groups in total. The van der Waals surface area contributed by atoms with Gasteiger partial charge in [-0.05, 0) is 24.3 Å². The van der Waals surface area contributed by atoms with Crippen LogP contribution in [0, 0.1) is 5.82 Å². The van der Waals surface area contributed by atoms with E-state index in [9.17, 15) is 14.0 Å². The molecule has 4 nitrogen and oxygen atoms in total. The number of amides is 1. The van der Waals surface area contributed by atoms with E-state index in [1.807, 2.05) is 0 Å². The fraction of sp³-hybridized carbons (Fsp3) is 0.167. The maximum Gasteiger partial charge on any atom is 0.328 e. The number of hydrogen-bond acceptors (Lipinski definition) is 2. The van der Waals surface area contributed by atoms with Crippen molar-refractivity contribution in [2.75, 3.05) is 5.32 Å². The fourth-order valence-corrected chi connectivity index (χ4v) is 1.18. The van der Waals surface area contributed by atoms with Crippen LogP contribution < -0.4 is 5.32 Å². The van der Waals surface area contributed by atoms with Crippen LogP contribution in [0.4, 0.5) is 10.1 Å². The second kappa shape index (κ2) is 5.79. The summed E-state index contributed by atoms with van der Waals surface area (Å²) < 4.78 is 13.0. The van der Waals surface area contributed by atoms with Gasteiger partial charge in [0, 0.05) is 23.7 Å². The first-order valence-electron chi connectivity index (χ1n) is 5.03. The largest absolute Gasteiger partial charge is 0.478 e. The Balaban J connectivity index is 3.03. The Labute approximate surface area is 97.8 Å². The molecule has 5 heteroatoms. The number of anilines is 1.